The summed E-state index contributed by atoms with van der Waals surface area (Å²) in [5.74, 6) is -1.99. The Hall–Kier alpha value is -3.79. The highest BCUT2D eigenvalue weighted by molar-refractivity contribution is 5.71. The summed E-state index contributed by atoms with van der Waals surface area (Å²) < 4.78 is 23.1. The molecule has 0 aliphatic rings. The molecule has 0 spiro atoms. The van der Waals surface area contributed by atoms with Crippen molar-refractivity contribution in [1.82, 2.24) is 0 Å². The molecule has 0 aromatic rings. The number of unbranched alkanes of at least 4 members (excludes halogenated alkanes) is 44. The summed E-state index contributed by atoms with van der Waals surface area (Å²) >= 11 is 0. The zero-order chi connectivity index (χ0) is 69.0. The third-order valence-corrected chi connectivity index (χ3v) is 17.8. The second kappa shape index (κ2) is 76.0. The number of carbonyl (C=O) groups excluding carboxylic acids is 2. The predicted molar refractivity (Wildman–Crippen MR) is 410 cm³/mol. The van der Waals surface area contributed by atoms with Crippen molar-refractivity contribution in [1.29, 1.82) is 0 Å². The molecule has 0 bridgehead atoms. The van der Waals surface area contributed by atoms with E-state index in [-0.39, 0.29) is 32.2 Å². The molecule has 9 heteroatoms. The quantitative estimate of drug-likeness (QED) is 0.0211. The summed E-state index contributed by atoms with van der Waals surface area (Å²) in [6.45, 7) is 4.80. The number of hydrogen-bond donors (Lipinski definition) is 1. The second-order valence-electron chi connectivity index (χ2n) is 28.3. The van der Waals surface area contributed by atoms with Crippen molar-refractivity contribution in [2.24, 2.45) is 0 Å². The number of allylic oxidation sites excluding steroid dienone is 16. The van der Waals surface area contributed by atoms with Gasteiger partial charge in [0.15, 0.2) is 6.10 Å². The molecule has 0 heterocycles. The van der Waals surface area contributed by atoms with Crippen LogP contribution in [0, 0.1) is 0 Å². The molecule has 0 saturated heterocycles. The molecule has 550 valence electrons. The van der Waals surface area contributed by atoms with E-state index in [1.807, 2.05) is 21.1 Å². The van der Waals surface area contributed by atoms with Gasteiger partial charge in [-0.2, -0.15) is 0 Å². The summed E-state index contributed by atoms with van der Waals surface area (Å²) in [4.78, 5) is 37.7. The SMILES string of the molecule is CC/C=C\C/C=C\C/C=C\C/C=C\C/C=C\CCCCCCCCCCCCCCCCCC(=O)OC(COC(=O)CCCCCCCCCCCCCCCCCCCCCCCCCC/C=C\C/C=C\C/C=C\CCCCCCC)COC(OCC[N+](C)(C)C)C(=O)O. The number of carboxylic acids is 1. The first kappa shape index (κ1) is 91.2. The summed E-state index contributed by atoms with van der Waals surface area (Å²) in [7, 11) is 5.99. The van der Waals surface area contributed by atoms with E-state index >= 15 is 0 Å². The Balaban J connectivity index is 3.98. The standard InChI is InChI=1S/C86H153NO8/c1-6-8-10-12-14-16-18-20-22-24-26-28-30-32-34-36-38-39-40-41-42-43-44-45-47-48-50-52-54-56-58-60-62-64-66-68-70-72-74-76-83(88)93-80-82(81-94-86(85(90)91)92-79-78-87(3,4)5)95-84(89)77-75-73-71-69-67-65-63-61-59-57-55-53-51-49-46-37-35-33-31-29-27-25-23-21-19-17-15-13-11-9-7-2/h9,11,15,17-18,20-21,23-24,26-27,29-30,32-33,35,82,86H,6-8,10,12-14,16,19,22,25,28,31,34,36-81H2,1-5H3/p+1/b11-9-,17-15-,20-18-,23-21-,26-24-,29-27-,32-30-,35-33-. The van der Waals surface area contributed by atoms with Gasteiger partial charge in [0.1, 0.15) is 13.2 Å². The number of ether oxygens (including phenoxy) is 4. The van der Waals surface area contributed by atoms with Gasteiger partial charge in [-0.1, -0.05) is 361 Å². The van der Waals surface area contributed by atoms with Gasteiger partial charge in [0.05, 0.1) is 34.4 Å². The Bertz CT molecular complexity index is 1890. The molecule has 9 nitrogen and oxygen atoms in total. The number of nitrogens with zero attached hydrogens (tertiary/aromatic N) is 1. The molecule has 0 amide bonds. The van der Waals surface area contributed by atoms with E-state index < -0.39 is 24.3 Å². The van der Waals surface area contributed by atoms with Gasteiger partial charge in [-0.3, -0.25) is 9.59 Å². The maximum Gasteiger partial charge on any atom is 0.361 e. The number of esters is 2. The molecule has 95 heavy (non-hydrogen) atoms. The number of carbonyl (C=O) groups is 3. The van der Waals surface area contributed by atoms with Gasteiger partial charge in [-0.25, -0.2) is 4.79 Å². The first-order valence-corrected chi connectivity index (χ1v) is 40.4. The average Bonchev–Trinajstić information content (AvgIpc) is 3.24. The van der Waals surface area contributed by atoms with E-state index in [1.165, 1.54) is 263 Å². The summed E-state index contributed by atoms with van der Waals surface area (Å²) in [6.07, 6.45) is 103. The van der Waals surface area contributed by atoms with E-state index in [1.54, 1.807) is 0 Å². The van der Waals surface area contributed by atoms with Crippen molar-refractivity contribution in [2.75, 3.05) is 47.5 Å². The van der Waals surface area contributed by atoms with Gasteiger partial charge in [0.25, 0.3) is 6.29 Å². The highest BCUT2D eigenvalue weighted by Gasteiger charge is 2.25. The van der Waals surface area contributed by atoms with Crippen LogP contribution < -0.4 is 0 Å². The van der Waals surface area contributed by atoms with Crippen molar-refractivity contribution in [3.8, 4) is 0 Å². The molecule has 0 aromatic heterocycles. The van der Waals surface area contributed by atoms with E-state index in [9.17, 15) is 19.5 Å². The number of quaternary nitrogens is 1. The smallest absolute Gasteiger partial charge is 0.361 e. The number of hydrogen-bond acceptors (Lipinski definition) is 7. The number of likely N-dealkylation sites (N-methyl/N-ethyl adjacent to an activating group) is 1. The molecule has 0 aliphatic heterocycles. The Labute approximate surface area is 588 Å². The maximum absolute atomic E-state index is 13.0. The number of carboxylic acid groups (broad SMARTS) is 1. The minimum absolute atomic E-state index is 0.181. The van der Waals surface area contributed by atoms with E-state index in [2.05, 4.69) is 111 Å². The number of rotatable bonds is 75. The van der Waals surface area contributed by atoms with Crippen LogP contribution in [-0.2, 0) is 33.3 Å². The van der Waals surface area contributed by atoms with Crippen LogP contribution in [-0.4, -0.2) is 87.4 Å². The monoisotopic (exact) mass is 1330 g/mol. The molecular weight excluding hydrogens is 1170 g/mol. The minimum atomic E-state index is -1.51. The average molecular weight is 1330 g/mol. The van der Waals surface area contributed by atoms with Crippen molar-refractivity contribution >= 4 is 17.9 Å². The highest BCUT2D eigenvalue weighted by Crippen LogP contribution is 2.19. The predicted octanol–water partition coefficient (Wildman–Crippen LogP) is 25.9. The summed E-state index contributed by atoms with van der Waals surface area (Å²) in [5, 5.41) is 9.78. The lowest BCUT2D eigenvalue weighted by Crippen LogP contribution is -2.40. The molecule has 0 aromatic carbocycles. The van der Waals surface area contributed by atoms with Crippen LogP contribution in [0.4, 0.5) is 0 Å². The molecule has 0 rings (SSSR count). The Morgan fingerprint density at radius 2 is 0.600 bits per heavy atom. The fraction of sp³-hybridized carbons (Fsp3) is 0.779. The van der Waals surface area contributed by atoms with E-state index in [4.69, 9.17) is 18.9 Å². The van der Waals surface area contributed by atoms with Crippen LogP contribution in [0.1, 0.15) is 373 Å². The van der Waals surface area contributed by atoms with E-state index in [0.29, 0.717) is 17.4 Å². The van der Waals surface area contributed by atoms with Crippen LogP contribution >= 0.6 is 0 Å². The van der Waals surface area contributed by atoms with Crippen molar-refractivity contribution in [3.63, 3.8) is 0 Å². The molecule has 0 aliphatic carbocycles. The summed E-state index contributed by atoms with van der Waals surface area (Å²) in [6, 6.07) is 0. The molecule has 0 fully saturated rings. The third kappa shape index (κ3) is 77.4. The van der Waals surface area contributed by atoms with Gasteiger partial charge in [0, 0.05) is 12.8 Å². The minimum Gasteiger partial charge on any atom is -0.477 e. The third-order valence-electron chi connectivity index (χ3n) is 17.8. The Kier molecular flexibility index (Phi) is 72.9. The van der Waals surface area contributed by atoms with Crippen molar-refractivity contribution in [2.45, 2.75) is 386 Å². The van der Waals surface area contributed by atoms with Gasteiger partial charge in [-0.05, 0) is 96.3 Å². The van der Waals surface area contributed by atoms with Gasteiger partial charge in [-0.15, -0.1) is 0 Å². The lowest BCUT2D eigenvalue weighted by Gasteiger charge is -2.25. The summed E-state index contributed by atoms with van der Waals surface area (Å²) in [5.41, 5.74) is 0. The molecule has 1 N–H and O–H groups in total. The maximum atomic E-state index is 13.0. The Morgan fingerprint density at radius 3 is 0.895 bits per heavy atom. The Morgan fingerprint density at radius 1 is 0.326 bits per heavy atom. The van der Waals surface area contributed by atoms with Gasteiger partial charge in [0.2, 0.25) is 0 Å². The lowest BCUT2D eigenvalue weighted by molar-refractivity contribution is -0.870. The van der Waals surface area contributed by atoms with Crippen molar-refractivity contribution < 1.29 is 42.9 Å². The van der Waals surface area contributed by atoms with E-state index in [0.717, 1.165) is 83.5 Å². The topological polar surface area (TPSA) is 108 Å². The molecule has 2 atom stereocenters. The van der Waals surface area contributed by atoms with Crippen LogP contribution in [0.15, 0.2) is 97.2 Å². The highest BCUT2D eigenvalue weighted by atomic mass is 16.7. The second-order valence-corrected chi connectivity index (χ2v) is 28.3. The van der Waals surface area contributed by atoms with Crippen molar-refractivity contribution in [3.05, 3.63) is 97.2 Å². The van der Waals surface area contributed by atoms with Crippen LogP contribution in [0.2, 0.25) is 0 Å². The molecular formula is C86H154NO8+. The lowest BCUT2D eigenvalue weighted by atomic mass is 10.0. The first-order chi connectivity index (χ1) is 46.6. The molecule has 0 radical (unpaired) electrons. The first-order valence-electron chi connectivity index (χ1n) is 40.4. The van der Waals surface area contributed by atoms with Crippen LogP contribution in [0.3, 0.4) is 0 Å². The molecule has 2 unspecified atom stereocenters. The van der Waals surface area contributed by atoms with Crippen LogP contribution in [0.25, 0.3) is 0 Å². The zero-order valence-electron chi connectivity index (χ0n) is 63.1. The number of aliphatic carboxylic acids is 1. The van der Waals surface area contributed by atoms with Gasteiger partial charge < -0.3 is 28.5 Å². The zero-order valence-corrected chi connectivity index (χ0v) is 63.1. The fourth-order valence-electron chi connectivity index (χ4n) is 11.7. The van der Waals surface area contributed by atoms with Crippen LogP contribution in [0.5, 0.6) is 0 Å². The molecule has 0 saturated carbocycles. The normalized spacial score (nSPS) is 13.1. The largest absolute Gasteiger partial charge is 0.477 e. The van der Waals surface area contributed by atoms with Gasteiger partial charge >= 0.3 is 17.9 Å². The fourth-order valence-corrected chi connectivity index (χ4v) is 11.7.